The molecule has 7 nitrogen and oxygen atoms in total. The van der Waals surface area contributed by atoms with Gasteiger partial charge in [-0.05, 0) is 5.56 Å². The van der Waals surface area contributed by atoms with Gasteiger partial charge in [0.1, 0.15) is 17.3 Å². The van der Waals surface area contributed by atoms with Crippen molar-refractivity contribution < 1.29 is 0 Å². The number of hydrogen-bond acceptors (Lipinski definition) is 5. The molecular formula is C17H16N6O. The molecule has 0 radical (unpaired) electrons. The smallest absolute Gasteiger partial charge is 0.271 e. The van der Waals surface area contributed by atoms with Gasteiger partial charge in [-0.2, -0.15) is 9.78 Å². The molecule has 0 spiro atoms. The highest BCUT2D eigenvalue weighted by Crippen LogP contribution is 2.21. The van der Waals surface area contributed by atoms with Crippen molar-refractivity contribution in [1.82, 2.24) is 19.8 Å². The molecule has 0 fully saturated rings. The van der Waals surface area contributed by atoms with Crippen LogP contribution in [0.15, 0.2) is 40.1 Å². The second kappa shape index (κ2) is 5.74. The predicted octanol–water partition coefficient (Wildman–Crippen LogP) is 2.34. The number of aliphatic imine (C=N–C) groups is 1. The third kappa shape index (κ3) is 2.70. The van der Waals surface area contributed by atoms with E-state index < -0.39 is 5.41 Å². The summed E-state index contributed by atoms with van der Waals surface area (Å²) >= 11 is 0. The second-order valence-electron chi connectivity index (χ2n) is 6.38. The van der Waals surface area contributed by atoms with Crippen LogP contribution in [0.25, 0.3) is 5.65 Å². The van der Waals surface area contributed by atoms with E-state index in [0.29, 0.717) is 5.69 Å². The van der Waals surface area contributed by atoms with E-state index >= 15 is 0 Å². The third-order valence-electron chi connectivity index (χ3n) is 3.50. The summed E-state index contributed by atoms with van der Waals surface area (Å²) in [5, 5.41) is 20.3. The van der Waals surface area contributed by atoms with E-state index in [1.165, 1.54) is 4.52 Å². The lowest BCUT2D eigenvalue weighted by atomic mass is 9.93. The van der Waals surface area contributed by atoms with Crippen LogP contribution in [0.5, 0.6) is 0 Å². The summed E-state index contributed by atoms with van der Waals surface area (Å²) < 4.78 is 1.23. The number of fused-ring (bicyclic) bond motifs is 1. The van der Waals surface area contributed by atoms with Gasteiger partial charge >= 0.3 is 0 Å². The van der Waals surface area contributed by atoms with Crippen molar-refractivity contribution in [2.45, 2.75) is 26.2 Å². The fourth-order valence-corrected chi connectivity index (χ4v) is 2.27. The normalized spacial score (nSPS) is 11.9. The average Bonchev–Trinajstić information content (AvgIpc) is 2.91. The van der Waals surface area contributed by atoms with E-state index in [1.807, 2.05) is 57.2 Å². The molecule has 0 saturated heterocycles. The molecule has 3 rings (SSSR count). The van der Waals surface area contributed by atoms with Crippen molar-refractivity contribution in [3.8, 4) is 6.07 Å². The number of nitriles is 1. The molecule has 0 bridgehead atoms. The van der Waals surface area contributed by atoms with Gasteiger partial charge in [0.25, 0.3) is 5.56 Å². The van der Waals surface area contributed by atoms with Crippen molar-refractivity contribution >= 4 is 17.7 Å². The number of benzene rings is 1. The SMILES string of the molecule is CC(C)(C)c1nnc2c(C#N)c(N=Cc3ccccc3)[nH]n2c1=O. The summed E-state index contributed by atoms with van der Waals surface area (Å²) in [5.41, 5.74) is 0.794. The monoisotopic (exact) mass is 320 g/mol. The van der Waals surface area contributed by atoms with Crippen LogP contribution in [0.1, 0.15) is 37.6 Å². The molecule has 1 aromatic carbocycles. The van der Waals surface area contributed by atoms with Gasteiger partial charge in [0.15, 0.2) is 11.5 Å². The third-order valence-corrected chi connectivity index (χ3v) is 3.50. The van der Waals surface area contributed by atoms with Gasteiger partial charge in [-0.1, -0.05) is 51.1 Å². The average molecular weight is 320 g/mol. The van der Waals surface area contributed by atoms with Gasteiger partial charge in [0.2, 0.25) is 0 Å². The Morgan fingerprint density at radius 1 is 1.25 bits per heavy atom. The maximum absolute atomic E-state index is 12.6. The molecule has 0 aliphatic rings. The van der Waals surface area contributed by atoms with E-state index in [4.69, 9.17) is 0 Å². The molecule has 2 heterocycles. The van der Waals surface area contributed by atoms with Crippen LogP contribution in [-0.4, -0.2) is 26.0 Å². The van der Waals surface area contributed by atoms with Crippen molar-refractivity contribution in [1.29, 1.82) is 5.26 Å². The molecule has 24 heavy (non-hydrogen) atoms. The van der Waals surface area contributed by atoms with Crippen molar-refractivity contribution in [2.24, 2.45) is 4.99 Å². The topological polar surface area (TPSA) is 99.2 Å². The Morgan fingerprint density at radius 3 is 2.58 bits per heavy atom. The molecule has 3 aromatic rings. The quantitative estimate of drug-likeness (QED) is 0.732. The van der Waals surface area contributed by atoms with Gasteiger partial charge in [0, 0.05) is 11.6 Å². The summed E-state index contributed by atoms with van der Waals surface area (Å²) in [4.78, 5) is 16.9. The Hall–Kier alpha value is -3.27. The molecule has 7 heteroatoms. The zero-order chi connectivity index (χ0) is 17.3. The number of aromatic amines is 1. The minimum atomic E-state index is -0.448. The van der Waals surface area contributed by atoms with Crippen LogP contribution in [-0.2, 0) is 5.41 Å². The zero-order valence-corrected chi connectivity index (χ0v) is 13.6. The molecule has 0 amide bonds. The Morgan fingerprint density at radius 2 is 1.96 bits per heavy atom. The molecular weight excluding hydrogens is 304 g/mol. The van der Waals surface area contributed by atoms with Crippen LogP contribution >= 0.6 is 0 Å². The highest BCUT2D eigenvalue weighted by atomic mass is 16.1. The summed E-state index contributed by atoms with van der Waals surface area (Å²) in [6.07, 6.45) is 1.62. The Kier molecular flexibility index (Phi) is 3.73. The molecule has 0 aliphatic carbocycles. The van der Waals surface area contributed by atoms with Crippen molar-refractivity contribution in [2.75, 3.05) is 0 Å². The standard InChI is InChI=1S/C17H16N6O/c1-17(2,3)13-16(24)23-15(21-20-13)12(9-18)14(22-23)19-10-11-7-5-4-6-8-11/h4-8,10,22H,1-3H3. The van der Waals surface area contributed by atoms with Gasteiger partial charge in [-0.25, -0.2) is 4.99 Å². The molecule has 120 valence electrons. The van der Waals surface area contributed by atoms with Gasteiger partial charge in [-0.3, -0.25) is 9.89 Å². The van der Waals surface area contributed by atoms with Crippen LogP contribution in [0, 0.1) is 11.3 Å². The van der Waals surface area contributed by atoms with Crippen LogP contribution in [0.4, 0.5) is 5.82 Å². The van der Waals surface area contributed by atoms with E-state index in [9.17, 15) is 10.1 Å². The predicted molar refractivity (Wildman–Crippen MR) is 90.7 cm³/mol. The largest absolute Gasteiger partial charge is 0.295 e. The Balaban J connectivity index is 2.17. The van der Waals surface area contributed by atoms with Crippen LogP contribution in [0.2, 0.25) is 0 Å². The van der Waals surface area contributed by atoms with E-state index in [0.717, 1.165) is 5.56 Å². The van der Waals surface area contributed by atoms with Gasteiger partial charge in [0.05, 0.1) is 0 Å². The van der Waals surface area contributed by atoms with E-state index in [-0.39, 0.29) is 22.6 Å². The first-order chi connectivity index (χ1) is 11.4. The molecule has 0 aliphatic heterocycles. The molecule has 0 atom stereocenters. The number of hydrogen-bond donors (Lipinski definition) is 1. The first kappa shape index (κ1) is 15.6. The molecule has 2 aromatic heterocycles. The number of nitrogens with zero attached hydrogens (tertiary/aromatic N) is 5. The Bertz CT molecular complexity index is 1020. The summed E-state index contributed by atoms with van der Waals surface area (Å²) in [6.45, 7) is 5.65. The fourth-order valence-electron chi connectivity index (χ4n) is 2.27. The molecule has 0 unspecified atom stereocenters. The maximum Gasteiger partial charge on any atom is 0.295 e. The zero-order valence-electron chi connectivity index (χ0n) is 13.6. The fraction of sp³-hybridized carbons (Fsp3) is 0.235. The lowest BCUT2D eigenvalue weighted by molar-refractivity contribution is 0.542. The van der Waals surface area contributed by atoms with Crippen LogP contribution < -0.4 is 5.56 Å². The Labute approximate surface area is 138 Å². The second-order valence-corrected chi connectivity index (χ2v) is 6.38. The molecule has 0 saturated carbocycles. The first-order valence-corrected chi connectivity index (χ1v) is 7.43. The summed E-state index contributed by atoms with van der Waals surface area (Å²) in [6, 6.07) is 11.5. The summed E-state index contributed by atoms with van der Waals surface area (Å²) in [7, 11) is 0. The highest BCUT2D eigenvalue weighted by molar-refractivity contribution is 5.82. The minimum absolute atomic E-state index is 0.177. The van der Waals surface area contributed by atoms with Crippen molar-refractivity contribution in [3.05, 3.63) is 57.5 Å². The number of nitrogens with one attached hydrogen (secondary N) is 1. The highest BCUT2D eigenvalue weighted by Gasteiger charge is 2.24. The first-order valence-electron chi connectivity index (χ1n) is 7.43. The number of aromatic nitrogens is 4. The lowest BCUT2D eigenvalue weighted by Gasteiger charge is -2.14. The number of rotatable bonds is 2. The number of H-pyrrole nitrogens is 1. The maximum atomic E-state index is 12.6. The summed E-state index contributed by atoms with van der Waals surface area (Å²) in [5.74, 6) is 0.277. The lowest BCUT2D eigenvalue weighted by Crippen LogP contribution is -2.30. The van der Waals surface area contributed by atoms with E-state index in [1.54, 1.807) is 6.21 Å². The molecule has 1 N–H and O–H groups in total. The van der Waals surface area contributed by atoms with Gasteiger partial charge in [-0.15, -0.1) is 10.2 Å². The van der Waals surface area contributed by atoms with Gasteiger partial charge < -0.3 is 0 Å². The van der Waals surface area contributed by atoms with E-state index in [2.05, 4.69) is 20.3 Å². The minimum Gasteiger partial charge on any atom is -0.271 e. The van der Waals surface area contributed by atoms with Crippen molar-refractivity contribution in [3.63, 3.8) is 0 Å². The van der Waals surface area contributed by atoms with Crippen LogP contribution in [0.3, 0.4) is 0 Å².